The van der Waals surface area contributed by atoms with Crippen molar-refractivity contribution < 1.29 is 28.2 Å². The fourth-order valence-electron chi connectivity index (χ4n) is 4.21. The molecule has 2 aromatic carbocycles. The summed E-state index contributed by atoms with van der Waals surface area (Å²) in [5.74, 6) is -0.803. The predicted octanol–water partition coefficient (Wildman–Crippen LogP) is 3.82. The molecule has 1 N–H and O–H groups in total. The molecule has 2 aromatic rings. The molecule has 0 fully saturated rings. The van der Waals surface area contributed by atoms with Crippen LogP contribution < -0.4 is 10.1 Å². The smallest absolute Gasteiger partial charge is 0.257 e. The van der Waals surface area contributed by atoms with Crippen molar-refractivity contribution in [1.82, 2.24) is 9.80 Å². The third kappa shape index (κ3) is 6.40. The highest BCUT2D eigenvalue weighted by Gasteiger charge is 2.30. The van der Waals surface area contributed by atoms with Crippen molar-refractivity contribution in [3.8, 4) is 5.75 Å². The van der Waals surface area contributed by atoms with Crippen LogP contribution in [-0.4, -0.2) is 73.5 Å². The monoisotopic (exact) mass is 499 g/mol. The second kappa shape index (κ2) is 12.0. The maximum absolute atomic E-state index is 13.4. The Kier molecular flexibility index (Phi) is 9.03. The number of hydrogen-bond acceptors (Lipinski definition) is 5. The molecule has 3 amide bonds. The zero-order valence-electron chi connectivity index (χ0n) is 21.4. The van der Waals surface area contributed by atoms with E-state index in [1.54, 1.807) is 42.2 Å². The second-order valence-electron chi connectivity index (χ2n) is 9.17. The summed E-state index contributed by atoms with van der Waals surface area (Å²) in [5, 5.41) is 2.75. The number of amides is 3. The molecule has 1 aliphatic heterocycles. The molecule has 194 valence electrons. The Morgan fingerprint density at radius 3 is 2.47 bits per heavy atom. The van der Waals surface area contributed by atoms with Crippen LogP contribution in [0.4, 0.5) is 10.1 Å². The topological polar surface area (TPSA) is 88.2 Å². The normalized spacial score (nSPS) is 21.1. The van der Waals surface area contributed by atoms with E-state index in [1.165, 1.54) is 24.3 Å². The maximum Gasteiger partial charge on any atom is 0.257 e. The second-order valence-corrected chi connectivity index (χ2v) is 9.17. The largest absolute Gasteiger partial charge is 0.491 e. The third-order valence-corrected chi connectivity index (χ3v) is 6.43. The van der Waals surface area contributed by atoms with Gasteiger partial charge in [0.2, 0.25) is 5.91 Å². The van der Waals surface area contributed by atoms with E-state index in [9.17, 15) is 18.8 Å². The van der Waals surface area contributed by atoms with Gasteiger partial charge in [0, 0.05) is 50.8 Å². The Morgan fingerprint density at radius 1 is 1.14 bits per heavy atom. The van der Waals surface area contributed by atoms with Crippen molar-refractivity contribution in [3.63, 3.8) is 0 Å². The number of nitrogens with zero attached hydrogens (tertiary/aromatic N) is 2. The molecule has 0 spiro atoms. The van der Waals surface area contributed by atoms with E-state index < -0.39 is 11.7 Å². The minimum atomic E-state index is -0.436. The lowest BCUT2D eigenvalue weighted by atomic mass is 10.0. The first-order valence-electron chi connectivity index (χ1n) is 12.1. The highest BCUT2D eigenvalue weighted by molar-refractivity contribution is 6.05. The minimum absolute atomic E-state index is 0.0216. The van der Waals surface area contributed by atoms with Crippen molar-refractivity contribution in [1.29, 1.82) is 0 Å². The molecule has 36 heavy (non-hydrogen) atoms. The first-order chi connectivity index (χ1) is 17.1. The minimum Gasteiger partial charge on any atom is -0.491 e. The van der Waals surface area contributed by atoms with Crippen molar-refractivity contribution in [3.05, 3.63) is 59.4 Å². The SMILES string of the molecule is CCC(=O)N1C[C@H](C)[C@H](OC)CN(C)C(=O)c2cc(NC(=O)c3ccc(F)cc3)ccc2OC[C@@H]1C. The summed E-state index contributed by atoms with van der Waals surface area (Å²) < 4.78 is 24.9. The number of rotatable bonds is 4. The number of carbonyl (C=O) groups excluding carboxylic acids is 3. The van der Waals surface area contributed by atoms with E-state index in [1.807, 2.05) is 20.8 Å². The number of hydrogen-bond donors (Lipinski definition) is 1. The predicted molar refractivity (Wildman–Crippen MR) is 135 cm³/mol. The number of benzene rings is 2. The van der Waals surface area contributed by atoms with Crippen LogP contribution in [0, 0.1) is 11.7 Å². The van der Waals surface area contributed by atoms with E-state index >= 15 is 0 Å². The van der Waals surface area contributed by atoms with Crippen molar-refractivity contribution >= 4 is 23.4 Å². The maximum atomic E-state index is 13.4. The van der Waals surface area contributed by atoms with E-state index in [0.717, 1.165) is 0 Å². The molecule has 0 unspecified atom stereocenters. The van der Waals surface area contributed by atoms with Crippen LogP contribution >= 0.6 is 0 Å². The summed E-state index contributed by atoms with van der Waals surface area (Å²) in [5.41, 5.74) is 0.960. The van der Waals surface area contributed by atoms with Crippen LogP contribution in [0.1, 0.15) is 47.9 Å². The molecule has 9 heteroatoms. The molecule has 0 aliphatic carbocycles. The van der Waals surface area contributed by atoms with Crippen LogP contribution in [0.15, 0.2) is 42.5 Å². The van der Waals surface area contributed by atoms with E-state index in [2.05, 4.69) is 5.32 Å². The zero-order valence-corrected chi connectivity index (χ0v) is 21.4. The molecule has 3 atom stereocenters. The summed E-state index contributed by atoms with van der Waals surface area (Å²) >= 11 is 0. The number of anilines is 1. The van der Waals surface area contributed by atoms with Gasteiger partial charge < -0.3 is 24.6 Å². The van der Waals surface area contributed by atoms with Gasteiger partial charge in [-0.3, -0.25) is 14.4 Å². The Morgan fingerprint density at radius 2 is 1.83 bits per heavy atom. The van der Waals surface area contributed by atoms with Crippen LogP contribution in [0.25, 0.3) is 0 Å². The van der Waals surface area contributed by atoms with Gasteiger partial charge in [-0.15, -0.1) is 0 Å². The zero-order chi connectivity index (χ0) is 26.4. The van der Waals surface area contributed by atoms with Gasteiger partial charge in [-0.05, 0) is 49.4 Å². The lowest BCUT2D eigenvalue weighted by molar-refractivity contribution is -0.135. The molecule has 1 heterocycles. The Labute approximate surface area is 211 Å². The average Bonchev–Trinajstić information content (AvgIpc) is 2.87. The summed E-state index contributed by atoms with van der Waals surface area (Å²) in [6, 6.07) is 9.79. The Bertz CT molecular complexity index is 1090. The number of halogens is 1. The summed E-state index contributed by atoms with van der Waals surface area (Å²) in [4.78, 5) is 42.1. The fourth-order valence-corrected chi connectivity index (χ4v) is 4.21. The van der Waals surface area contributed by atoms with Gasteiger partial charge in [-0.1, -0.05) is 13.8 Å². The molecular weight excluding hydrogens is 465 g/mol. The molecule has 3 rings (SSSR count). The number of nitrogens with one attached hydrogen (secondary N) is 1. The molecule has 0 radical (unpaired) electrons. The lowest BCUT2D eigenvalue weighted by Gasteiger charge is -2.36. The van der Waals surface area contributed by atoms with Gasteiger partial charge in [0.05, 0.1) is 17.7 Å². The first-order valence-corrected chi connectivity index (χ1v) is 12.1. The molecular formula is C27H34FN3O5. The van der Waals surface area contributed by atoms with E-state index in [4.69, 9.17) is 9.47 Å². The van der Waals surface area contributed by atoms with Gasteiger partial charge >= 0.3 is 0 Å². The summed E-state index contributed by atoms with van der Waals surface area (Å²) in [7, 11) is 3.28. The number of methoxy groups -OCH3 is 1. The van der Waals surface area contributed by atoms with E-state index in [-0.39, 0.29) is 47.6 Å². The van der Waals surface area contributed by atoms with Gasteiger partial charge in [0.15, 0.2) is 0 Å². The van der Waals surface area contributed by atoms with Gasteiger partial charge in [-0.25, -0.2) is 4.39 Å². The average molecular weight is 500 g/mol. The number of likely N-dealkylation sites (N-methyl/N-ethyl adjacent to an activating group) is 1. The first kappa shape index (κ1) is 27.1. The van der Waals surface area contributed by atoms with Gasteiger partial charge in [0.1, 0.15) is 18.2 Å². The quantitative estimate of drug-likeness (QED) is 0.691. The molecule has 1 aliphatic rings. The number of ether oxygens (including phenoxy) is 2. The highest BCUT2D eigenvalue weighted by Crippen LogP contribution is 2.27. The molecule has 0 saturated heterocycles. The van der Waals surface area contributed by atoms with Gasteiger partial charge in [-0.2, -0.15) is 0 Å². The fraction of sp³-hybridized carbons (Fsp3) is 0.444. The van der Waals surface area contributed by atoms with Crippen molar-refractivity contribution in [2.45, 2.75) is 39.3 Å². The standard InChI is InChI=1S/C27H34FN3O5/c1-6-25(32)31-14-17(2)24(35-5)15-30(4)27(34)22-13-21(11-12-23(22)36-16-18(31)3)29-26(33)19-7-9-20(28)10-8-19/h7-13,17-18,24H,6,14-16H2,1-5H3,(H,29,33)/t17-,18-,24+/m0/s1. The van der Waals surface area contributed by atoms with E-state index in [0.29, 0.717) is 30.9 Å². The Hall–Kier alpha value is -3.46. The van der Waals surface area contributed by atoms with Crippen LogP contribution in [0.5, 0.6) is 5.75 Å². The molecule has 0 aromatic heterocycles. The molecule has 0 saturated carbocycles. The van der Waals surface area contributed by atoms with Crippen molar-refractivity contribution in [2.75, 3.05) is 39.2 Å². The summed E-state index contributed by atoms with van der Waals surface area (Å²) in [6.07, 6.45) is 0.0873. The highest BCUT2D eigenvalue weighted by atomic mass is 19.1. The Balaban J connectivity index is 1.93. The number of carbonyl (C=O) groups is 3. The lowest BCUT2D eigenvalue weighted by Crippen LogP contribution is -2.48. The third-order valence-electron chi connectivity index (χ3n) is 6.43. The molecule has 8 nitrogen and oxygen atoms in total. The van der Waals surface area contributed by atoms with Gasteiger partial charge in [0.25, 0.3) is 11.8 Å². The van der Waals surface area contributed by atoms with Crippen LogP contribution in [0.2, 0.25) is 0 Å². The molecule has 0 bridgehead atoms. The van der Waals surface area contributed by atoms with Crippen LogP contribution in [-0.2, 0) is 9.53 Å². The van der Waals surface area contributed by atoms with Crippen molar-refractivity contribution in [2.24, 2.45) is 5.92 Å². The summed E-state index contributed by atoms with van der Waals surface area (Å²) in [6.45, 7) is 6.73. The van der Waals surface area contributed by atoms with Crippen LogP contribution in [0.3, 0.4) is 0 Å². The number of fused-ring (bicyclic) bond motifs is 1.